The van der Waals surface area contributed by atoms with Gasteiger partial charge in [0.2, 0.25) is 5.91 Å². The third-order valence-electron chi connectivity index (χ3n) is 3.33. The van der Waals surface area contributed by atoms with Crippen molar-refractivity contribution in [1.82, 2.24) is 24.9 Å². The van der Waals surface area contributed by atoms with Gasteiger partial charge < -0.3 is 5.32 Å². The van der Waals surface area contributed by atoms with Gasteiger partial charge in [0, 0.05) is 18.9 Å². The van der Waals surface area contributed by atoms with E-state index >= 15 is 0 Å². The summed E-state index contributed by atoms with van der Waals surface area (Å²) in [6, 6.07) is 1.82. The number of aryl methyl sites for hydroxylation is 2. The van der Waals surface area contributed by atoms with Gasteiger partial charge in [0.25, 0.3) is 0 Å². The lowest BCUT2D eigenvalue weighted by Gasteiger charge is -2.14. The Bertz CT molecular complexity index is 674. The Morgan fingerprint density at radius 2 is 2.14 bits per heavy atom. The van der Waals surface area contributed by atoms with E-state index in [0.717, 1.165) is 16.4 Å². The molecular weight excluding hydrogens is 299 g/mol. The summed E-state index contributed by atoms with van der Waals surface area (Å²) in [7, 11) is 1.73. The SMILES string of the molecule is Cc1cc(C(F)(F)F)nn1C(C)C(=O)NCc1ccnn1C. The van der Waals surface area contributed by atoms with Crippen molar-refractivity contribution in [3.8, 4) is 0 Å². The van der Waals surface area contributed by atoms with Crippen LogP contribution in [0.5, 0.6) is 0 Å². The van der Waals surface area contributed by atoms with Crippen LogP contribution in [-0.4, -0.2) is 25.5 Å². The van der Waals surface area contributed by atoms with Gasteiger partial charge in [-0.3, -0.25) is 14.2 Å². The van der Waals surface area contributed by atoms with Gasteiger partial charge in [-0.05, 0) is 26.0 Å². The molecule has 2 aromatic heterocycles. The molecule has 0 fully saturated rings. The van der Waals surface area contributed by atoms with Crippen LogP contribution in [0.1, 0.15) is 30.0 Å². The molecule has 1 atom stereocenters. The Kier molecular flexibility index (Phi) is 4.25. The third kappa shape index (κ3) is 3.29. The van der Waals surface area contributed by atoms with Crippen molar-refractivity contribution in [2.24, 2.45) is 7.05 Å². The molecule has 0 aliphatic carbocycles. The van der Waals surface area contributed by atoms with E-state index in [1.54, 1.807) is 24.0 Å². The van der Waals surface area contributed by atoms with Gasteiger partial charge in [0.1, 0.15) is 6.04 Å². The zero-order chi connectivity index (χ0) is 16.5. The molecule has 0 aromatic carbocycles. The quantitative estimate of drug-likeness (QED) is 0.936. The molecule has 0 aliphatic rings. The molecule has 22 heavy (non-hydrogen) atoms. The fourth-order valence-corrected chi connectivity index (χ4v) is 2.03. The monoisotopic (exact) mass is 315 g/mol. The fraction of sp³-hybridized carbons (Fsp3) is 0.462. The highest BCUT2D eigenvalue weighted by Gasteiger charge is 2.35. The molecule has 0 saturated heterocycles. The van der Waals surface area contributed by atoms with E-state index in [-0.39, 0.29) is 12.2 Å². The second-order valence-electron chi connectivity index (χ2n) is 4.95. The molecule has 1 N–H and O–H groups in total. The maximum absolute atomic E-state index is 12.6. The molecule has 6 nitrogen and oxygen atoms in total. The summed E-state index contributed by atoms with van der Waals surface area (Å²) in [6.07, 6.45) is -2.93. The zero-order valence-corrected chi connectivity index (χ0v) is 12.3. The standard InChI is InChI=1S/C13H16F3N5O/c1-8-6-11(13(14,15)16)19-21(8)9(2)12(22)17-7-10-4-5-18-20(10)3/h4-6,9H,7H2,1-3H3,(H,17,22). The molecule has 1 amide bonds. The van der Waals surface area contributed by atoms with Crippen LogP contribution >= 0.6 is 0 Å². The number of halogens is 3. The zero-order valence-electron chi connectivity index (χ0n) is 12.3. The van der Waals surface area contributed by atoms with Crippen LogP contribution in [0, 0.1) is 6.92 Å². The third-order valence-corrected chi connectivity index (χ3v) is 3.33. The Morgan fingerprint density at radius 1 is 1.45 bits per heavy atom. The highest BCUT2D eigenvalue weighted by Crippen LogP contribution is 2.29. The Labute approximate surface area is 124 Å². The van der Waals surface area contributed by atoms with Crippen LogP contribution < -0.4 is 5.32 Å². The van der Waals surface area contributed by atoms with E-state index < -0.39 is 23.8 Å². The number of nitrogens with zero attached hydrogens (tertiary/aromatic N) is 4. The number of hydrogen-bond donors (Lipinski definition) is 1. The van der Waals surface area contributed by atoms with Crippen molar-refractivity contribution in [3.63, 3.8) is 0 Å². The lowest BCUT2D eigenvalue weighted by atomic mass is 10.3. The van der Waals surface area contributed by atoms with Crippen LogP contribution in [0.4, 0.5) is 13.2 Å². The lowest BCUT2D eigenvalue weighted by molar-refractivity contribution is -0.142. The van der Waals surface area contributed by atoms with E-state index in [4.69, 9.17) is 0 Å². The smallest absolute Gasteiger partial charge is 0.349 e. The summed E-state index contributed by atoms with van der Waals surface area (Å²) >= 11 is 0. The fourth-order valence-electron chi connectivity index (χ4n) is 2.03. The molecule has 0 bridgehead atoms. The minimum Gasteiger partial charge on any atom is -0.349 e. The van der Waals surface area contributed by atoms with Crippen LogP contribution in [0.15, 0.2) is 18.3 Å². The average molecular weight is 315 g/mol. The van der Waals surface area contributed by atoms with Gasteiger partial charge in [0.05, 0.1) is 12.2 Å². The molecule has 1 unspecified atom stereocenters. The van der Waals surface area contributed by atoms with Gasteiger partial charge in [0.15, 0.2) is 5.69 Å². The number of hydrogen-bond acceptors (Lipinski definition) is 3. The Balaban J connectivity index is 2.07. The van der Waals surface area contributed by atoms with E-state index in [0.29, 0.717) is 0 Å². The first-order valence-corrected chi connectivity index (χ1v) is 6.58. The molecule has 0 aliphatic heterocycles. The topological polar surface area (TPSA) is 64.7 Å². The number of carbonyl (C=O) groups excluding carboxylic acids is 1. The van der Waals surface area contributed by atoms with Gasteiger partial charge >= 0.3 is 6.18 Å². The largest absolute Gasteiger partial charge is 0.435 e. The second kappa shape index (κ2) is 5.82. The molecule has 2 rings (SSSR count). The van der Waals surface area contributed by atoms with E-state index in [9.17, 15) is 18.0 Å². The number of alkyl halides is 3. The van der Waals surface area contributed by atoms with Crippen LogP contribution in [0.2, 0.25) is 0 Å². The van der Waals surface area contributed by atoms with Crippen LogP contribution in [0.3, 0.4) is 0 Å². The number of rotatable bonds is 4. The van der Waals surface area contributed by atoms with E-state index in [2.05, 4.69) is 15.5 Å². The molecule has 0 saturated carbocycles. The lowest BCUT2D eigenvalue weighted by Crippen LogP contribution is -2.32. The number of amides is 1. The van der Waals surface area contributed by atoms with E-state index in [1.165, 1.54) is 13.8 Å². The summed E-state index contributed by atoms with van der Waals surface area (Å²) in [4.78, 5) is 12.1. The maximum atomic E-state index is 12.6. The van der Waals surface area contributed by atoms with Gasteiger partial charge in [-0.1, -0.05) is 0 Å². The molecule has 2 heterocycles. The first-order valence-electron chi connectivity index (χ1n) is 6.58. The summed E-state index contributed by atoms with van der Waals surface area (Å²) in [5.41, 5.74) is 0.0560. The van der Waals surface area contributed by atoms with Crippen molar-refractivity contribution in [2.75, 3.05) is 0 Å². The van der Waals surface area contributed by atoms with Gasteiger partial charge in [-0.15, -0.1) is 0 Å². The number of carbonyl (C=O) groups is 1. The number of nitrogens with one attached hydrogen (secondary N) is 1. The van der Waals surface area contributed by atoms with Crippen molar-refractivity contribution >= 4 is 5.91 Å². The average Bonchev–Trinajstić information content (AvgIpc) is 3.01. The van der Waals surface area contributed by atoms with E-state index in [1.807, 2.05) is 0 Å². The highest BCUT2D eigenvalue weighted by molar-refractivity contribution is 5.79. The van der Waals surface area contributed by atoms with Gasteiger partial charge in [-0.2, -0.15) is 23.4 Å². The second-order valence-corrected chi connectivity index (χ2v) is 4.95. The van der Waals surface area contributed by atoms with Gasteiger partial charge in [-0.25, -0.2) is 0 Å². The number of aromatic nitrogens is 4. The molecule has 2 aromatic rings. The minimum atomic E-state index is -4.53. The minimum absolute atomic E-state index is 0.242. The van der Waals surface area contributed by atoms with Crippen LogP contribution in [-0.2, 0) is 24.6 Å². The predicted octanol–water partition coefficient (Wildman–Crippen LogP) is 1.82. The summed E-state index contributed by atoms with van der Waals surface area (Å²) < 4.78 is 40.6. The van der Waals surface area contributed by atoms with Crippen LogP contribution in [0.25, 0.3) is 0 Å². The van der Waals surface area contributed by atoms with Crippen molar-refractivity contribution < 1.29 is 18.0 Å². The molecule has 0 spiro atoms. The Morgan fingerprint density at radius 3 is 2.64 bits per heavy atom. The molecule has 120 valence electrons. The molecule has 0 radical (unpaired) electrons. The first-order chi connectivity index (χ1) is 10.2. The predicted molar refractivity (Wildman–Crippen MR) is 71.7 cm³/mol. The summed E-state index contributed by atoms with van der Waals surface area (Å²) in [5, 5.41) is 10.1. The normalized spacial score (nSPS) is 13.2. The molecule has 9 heteroatoms. The van der Waals surface area contributed by atoms with Crippen molar-refractivity contribution in [1.29, 1.82) is 0 Å². The maximum Gasteiger partial charge on any atom is 0.435 e. The summed E-state index contributed by atoms with van der Waals surface area (Å²) in [6.45, 7) is 3.22. The first kappa shape index (κ1) is 16.1. The summed E-state index contributed by atoms with van der Waals surface area (Å²) in [5.74, 6) is -0.416. The van der Waals surface area contributed by atoms with Crippen molar-refractivity contribution in [2.45, 2.75) is 32.6 Å². The van der Waals surface area contributed by atoms with Crippen molar-refractivity contribution in [3.05, 3.63) is 35.4 Å². The molecular formula is C13H16F3N5O. The highest BCUT2D eigenvalue weighted by atomic mass is 19.4. The Hall–Kier alpha value is -2.32.